The van der Waals surface area contributed by atoms with Crippen LogP contribution in [0.2, 0.25) is 0 Å². The fourth-order valence-corrected chi connectivity index (χ4v) is 3.58. The summed E-state index contributed by atoms with van der Waals surface area (Å²) < 4.78 is 2.56. The Morgan fingerprint density at radius 3 is 2.43 bits per heavy atom. The van der Waals surface area contributed by atoms with Crippen LogP contribution >= 0.6 is 11.8 Å². The van der Waals surface area contributed by atoms with Gasteiger partial charge < -0.3 is 0 Å². The number of aromatic nitrogens is 4. The highest BCUT2D eigenvalue weighted by atomic mass is 32.2. The van der Waals surface area contributed by atoms with Crippen LogP contribution in [-0.2, 0) is 20.5 Å². The quantitative estimate of drug-likeness (QED) is 0.597. The van der Waals surface area contributed by atoms with E-state index in [1.54, 1.807) is 18.8 Å². The van der Waals surface area contributed by atoms with Crippen molar-refractivity contribution in [1.29, 1.82) is 0 Å². The van der Waals surface area contributed by atoms with E-state index in [0.29, 0.717) is 27.8 Å². The van der Waals surface area contributed by atoms with Crippen LogP contribution < -0.4 is 11.2 Å². The number of aryl methyl sites for hydroxylation is 2. The molecule has 2 aromatic rings. The molecule has 2 heterocycles. The summed E-state index contributed by atoms with van der Waals surface area (Å²) >= 11 is 1.58. The lowest BCUT2D eigenvalue weighted by atomic mass is 10.2. The van der Waals surface area contributed by atoms with Gasteiger partial charge in [-0.25, -0.2) is 14.8 Å². The van der Waals surface area contributed by atoms with Crippen molar-refractivity contribution in [1.82, 2.24) is 19.1 Å². The van der Waals surface area contributed by atoms with Gasteiger partial charge in [0.25, 0.3) is 5.56 Å². The van der Waals surface area contributed by atoms with Crippen LogP contribution in [0.1, 0.15) is 39.4 Å². The van der Waals surface area contributed by atoms with Crippen molar-refractivity contribution in [2.24, 2.45) is 20.0 Å². The fourth-order valence-electron chi connectivity index (χ4n) is 2.30. The van der Waals surface area contributed by atoms with Crippen LogP contribution in [0.25, 0.3) is 11.0 Å². The Bertz CT molecular complexity index is 823. The van der Waals surface area contributed by atoms with Gasteiger partial charge in [0.1, 0.15) is 16.2 Å². The van der Waals surface area contributed by atoms with Crippen molar-refractivity contribution >= 4 is 22.8 Å². The van der Waals surface area contributed by atoms with Crippen LogP contribution in [0.4, 0.5) is 0 Å². The molecule has 0 N–H and O–H groups in total. The molecule has 6 nitrogen and oxygen atoms in total. The third-order valence-electron chi connectivity index (χ3n) is 3.72. The average molecular weight is 336 g/mol. The van der Waals surface area contributed by atoms with Gasteiger partial charge in [0, 0.05) is 20.5 Å². The molecule has 0 spiro atoms. The molecule has 0 aliphatic rings. The third kappa shape index (κ3) is 3.65. The summed E-state index contributed by atoms with van der Waals surface area (Å²) in [5, 5.41) is 1.14. The number of fused-ring (bicyclic) bond motifs is 1. The zero-order chi connectivity index (χ0) is 17.1. The number of hydrogen-bond donors (Lipinski definition) is 0. The van der Waals surface area contributed by atoms with Crippen molar-refractivity contribution in [2.75, 3.05) is 5.75 Å². The van der Waals surface area contributed by atoms with Crippen molar-refractivity contribution in [3.63, 3.8) is 0 Å². The molecule has 0 bridgehead atoms. The van der Waals surface area contributed by atoms with Crippen LogP contribution in [-0.4, -0.2) is 24.9 Å². The first-order valence-electron chi connectivity index (χ1n) is 7.96. The molecule has 0 aliphatic heterocycles. The average Bonchev–Trinajstić information content (AvgIpc) is 2.50. The van der Waals surface area contributed by atoms with Gasteiger partial charge in [-0.15, -0.1) is 11.8 Å². The van der Waals surface area contributed by atoms with Gasteiger partial charge in [0.15, 0.2) is 5.65 Å². The molecule has 0 fully saturated rings. The first-order valence-corrected chi connectivity index (χ1v) is 8.94. The standard InChI is InChI=1S/C16H24N4O2S/c1-6-7-11-17-13-12(14(18-11)23-9-8-10(2)3)15(21)20(5)16(22)19(13)4/h10H,6-9H2,1-5H3. The largest absolute Gasteiger partial charge is 0.332 e. The number of hydrogen-bond acceptors (Lipinski definition) is 5. The second kappa shape index (κ2) is 7.29. The lowest BCUT2D eigenvalue weighted by Gasteiger charge is -2.12. The molecule has 0 unspecified atom stereocenters. The van der Waals surface area contributed by atoms with Gasteiger partial charge in [-0.3, -0.25) is 13.9 Å². The van der Waals surface area contributed by atoms with Crippen molar-refractivity contribution in [3.05, 3.63) is 26.7 Å². The zero-order valence-corrected chi connectivity index (χ0v) is 15.2. The Hall–Kier alpha value is -1.63. The van der Waals surface area contributed by atoms with Gasteiger partial charge in [0.2, 0.25) is 0 Å². The molecule has 7 heteroatoms. The predicted octanol–water partition coefficient (Wildman–Crippen LogP) is 2.12. The first kappa shape index (κ1) is 17.7. The van der Waals surface area contributed by atoms with E-state index in [0.717, 1.165) is 29.6 Å². The van der Waals surface area contributed by atoms with Crippen molar-refractivity contribution in [2.45, 2.75) is 45.1 Å². The minimum absolute atomic E-state index is 0.321. The molecule has 0 radical (unpaired) electrons. The second-order valence-electron chi connectivity index (χ2n) is 6.13. The van der Waals surface area contributed by atoms with E-state index in [-0.39, 0.29) is 11.2 Å². The molecular weight excluding hydrogens is 312 g/mol. The molecule has 0 amide bonds. The van der Waals surface area contributed by atoms with Crippen LogP contribution in [0.3, 0.4) is 0 Å². The summed E-state index contributed by atoms with van der Waals surface area (Å²) in [4.78, 5) is 33.7. The lowest BCUT2D eigenvalue weighted by Crippen LogP contribution is -2.37. The topological polar surface area (TPSA) is 69.8 Å². The van der Waals surface area contributed by atoms with Crippen molar-refractivity contribution < 1.29 is 0 Å². The third-order valence-corrected chi connectivity index (χ3v) is 4.73. The molecule has 0 aliphatic carbocycles. The summed E-state index contributed by atoms with van der Waals surface area (Å²) in [6.07, 6.45) is 2.70. The SMILES string of the molecule is CCCc1nc(SCCC(C)C)c2c(=O)n(C)c(=O)n(C)c2n1. The predicted molar refractivity (Wildman–Crippen MR) is 94.2 cm³/mol. The molecular formula is C16H24N4O2S. The normalized spacial score (nSPS) is 11.6. The Morgan fingerprint density at radius 2 is 1.83 bits per heavy atom. The summed E-state index contributed by atoms with van der Waals surface area (Å²) in [7, 11) is 3.14. The lowest BCUT2D eigenvalue weighted by molar-refractivity contribution is 0.631. The molecule has 23 heavy (non-hydrogen) atoms. The number of rotatable bonds is 6. The molecule has 0 atom stereocenters. The van der Waals surface area contributed by atoms with Crippen LogP contribution in [0, 0.1) is 5.92 Å². The zero-order valence-electron chi connectivity index (χ0n) is 14.4. The maximum atomic E-state index is 12.5. The smallest absolute Gasteiger partial charge is 0.280 e. The minimum atomic E-state index is -0.359. The highest BCUT2D eigenvalue weighted by Crippen LogP contribution is 2.24. The summed E-state index contributed by atoms with van der Waals surface area (Å²) in [6, 6.07) is 0. The second-order valence-corrected chi connectivity index (χ2v) is 7.21. The Balaban J connectivity index is 2.66. The van der Waals surface area contributed by atoms with E-state index in [1.165, 1.54) is 11.6 Å². The van der Waals surface area contributed by atoms with E-state index >= 15 is 0 Å². The molecule has 2 rings (SSSR count). The number of thioether (sulfide) groups is 1. The van der Waals surface area contributed by atoms with E-state index in [1.807, 2.05) is 0 Å². The molecule has 0 saturated heterocycles. The highest BCUT2D eigenvalue weighted by Gasteiger charge is 2.17. The highest BCUT2D eigenvalue weighted by molar-refractivity contribution is 7.99. The summed E-state index contributed by atoms with van der Waals surface area (Å²) in [5.41, 5.74) is -0.247. The van der Waals surface area contributed by atoms with Crippen LogP contribution in [0.5, 0.6) is 0 Å². The van der Waals surface area contributed by atoms with Gasteiger partial charge >= 0.3 is 5.69 Å². The molecule has 2 aromatic heterocycles. The van der Waals surface area contributed by atoms with Crippen LogP contribution in [0.15, 0.2) is 14.6 Å². The monoisotopic (exact) mass is 336 g/mol. The molecule has 126 valence electrons. The summed E-state index contributed by atoms with van der Waals surface area (Å²) in [6.45, 7) is 6.40. The Labute approximate surface area is 140 Å². The van der Waals surface area contributed by atoms with Gasteiger partial charge in [-0.1, -0.05) is 20.8 Å². The fraction of sp³-hybridized carbons (Fsp3) is 0.625. The van der Waals surface area contributed by atoms with E-state index in [2.05, 4.69) is 30.7 Å². The van der Waals surface area contributed by atoms with E-state index in [9.17, 15) is 9.59 Å². The van der Waals surface area contributed by atoms with E-state index < -0.39 is 0 Å². The van der Waals surface area contributed by atoms with Gasteiger partial charge in [-0.2, -0.15) is 0 Å². The Kier molecular flexibility index (Phi) is 5.62. The maximum absolute atomic E-state index is 12.5. The van der Waals surface area contributed by atoms with Gasteiger partial charge in [-0.05, 0) is 24.5 Å². The summed E-state index contributed by atoms with van der Waals surface area (Å²) in [5.74, 6) is 2.18. The number of nitrogens with zero attached hydrogens (tertiary/aromatic N) is 4. The molecule has 0 saturated carbocycles. The van der Waals surface area contributed by atoms with Gasteiger partial charge in [0.05, 0.1) is 0 Å². The Morgan fingerprint density at radius 1 is 1.13 bits per heavy atom. The first-order chi connectivity index (χ1) is 10.9. The maximum Gasteiger partial charge on any atom is 0.332 e. The molecule has 0 aromatic carbocycles. The minimum Gasteiger partial charge on any atom is -0.280 e. The van der Waals surface area contributed by atoms with Crippen molar-refractivity contribution in [3.8, 4) is 0 Å². The van der Waals surface area contributed by atoms with E-state index in [4.69, 9.17) is 0 Å².